The van der Waals surface area contributed by atoms with Gasteiger partial charge in [0.2, 0.25) is 11.8 Å². The van der Waals surface area contributed by atoms with Gasteiger partial charge in [0.05, 0.1) is 11.4 Å². The second kappa shape index (κ2) is 8.09. The predicted octanol–water partition coefficient (Wildman–Crippen LogP) is 1.26. The molecule has 0 aliphatic rings. The zero-order valence-corrected chi connectivity index (χ0v) is 14.1. The maximum absolute atomic E-state index is 12.1. The Hall–Kier alpha value is -3.16. The molecule has 0 fully saturated rings. The van der Waals surface area contributed by atoms with Crippen LogP contribution in [0.3, 0.4) is 0 Å². The van der Waals surface area contributed by atoms with Gasteiger partial charge in [0.25, 0.3) is 5.56 Å². The van der Waals surface area contributed by atoms with E-state index in [9.17, 15) is 19.5 Å². The molecule has 0 aliphatic carbocycles. The van der Waals surface area contributed by atoms with Gasteiger partial charge < -0.3 is 5.11 Å². The third-order valence-electron chi connectivity index (χ3n) is 3.57. The third-order valence-corrected chi connectivity index (χ3v) is 3.57. The molecule has 1 aromatic heterocycles. The van der Waals surface area contributed by atoms with Crippen LogP contribution in [0.15, 0.2) is 45.0 Å². The first-order valence-corrected chi connectivity index (χ1v) is 7.93. The van der Waals surface area contributed by atoms with Crippen LogP contribution in [0.25, 0.3) is 5.69 Å². The Morgan fingerprint density at radius 1 is 1.28 bits per heavy atom. The summed E-state index contributed by atoms with van der Waals surface area (Å²) < 4.78 is 0.967. The van der Waals surface area contributed by atoms with Crippen LogP contribution in [-0.2, 0) is 4.79 Å². The van der Waals surface area contributed by atoms with Crippen molar-refractivity contribution in [1.29, 1.82) is 0 Å². The highest BCUT2D eigenvalue weighted by molar-refractivity contribution is 6.00. The van der Waals surface area contributed by atoms with Crippen LogP contribution in [0.2, 0.25) is 0 Å². The van der Waals surface area contributed by atoms with Crippen molar-refractivity contribution in [2.45, 2.75) is 33.1 Å². The lowest BCUT2D eigenvalue weighted by Crippen LogP contribution is -2.33. The van der Waals surface area contributed by atoms with Crippen molar-refractivity contribution >= 4 is 11.6 Å². The van der Waals surface area contributed by atoms with Gasteiger partial charge in [-0.1, -0.05) is 31.5 Å². The molecule has 0 unspecified atom stereocenters. The maximum Gasteiger partial charge on any atom is 0.335 e. The molecular formula is C17H20N4O4. The minimum Gasteiger partial charge on any atom is -0.493 e. The number of H-pyrrole nitrogens is 1. The fraction of sp³-hybridized carbons (Fsp3) is 0.294. The van der Waals surface area contributed by atoms with E-state index in [1.807, 2.05) is 6.92 Å². The van der Waals surface area contributed by atoms with Gasteiger partial charge in [-0.25, -0.2) is 14.8 Å². The van der Waals surface area contributed by atoms with Crippen molar-refractivity contribution in [1.82, 2.24) is 15.0 Å². The van der Waals surface area contributed by atoms with Gasteiger partial charge >= 0.3 is 5.69 Å². The molecule has 1 aromatic carbocycles. The first kappa shape index (κ1) is 18.2. The topological polar surface area (TPSA) is 117 Å². The van der Waals surface area contributed by atoms with Crippen LogP contribution in [0.5, 0.6) is 5.88 Å². The van der Waals surface area contributed by atoms with E-state index in [-0.39, 0.29) is 17.2 Å². The zero-order valence-electron chi connectivity index (χ0n) is 14.1. The molecule has 8 heteroatoms. The molecule has 1 heterocycles. The number of amides is 1. The highest BCUT2D eigenvalue weighted by atomic mass is 16.3. The summed E-state index contributed by atoms with van der Waals surface area (Å²) in [6.07, 6.45) is 1.92. The molecule has 2 rings (SSSR count). The number of hydrogen-bond donors (Lipinski definition) is 3. The summed E-state index contributed by atoms with van der Waals surface area (Å²) in [5.74, 6) is -0.822. The van der Waals surface area contributed by atoms with Crippen molar-refractivity contribution < 1.29 is 9.90 Å². The van der Waals surface area contributed by atoms with E-state index in [0.29, 0.717) is 12.1 Å². The Kier molecular flexibility index (Phi) is 5.89. The maximum atomic E-state index is 12.1. The molecule has 0 saturated heterocycles. The first-order chi connectivity index (χ1) is 12.0. The summed E-state index contributed by atoms with van der Waals surface area (Å²) in [4.78, 5) is 37.9. The summed E-state index contributed by atoms with van der Waals surface area (Å²) in [7, 11) is 0. The van der Waals surface area contributed by atoms with Crippen LogP contribution in [0.1, 0.15) is 38.7 Å². The average Bonchev–Trinajstić information content (AvgIpc) is 2.58. The fourth-order valence-electron chi connectivity index (χ4n) is 2.26. The molecule has 0 spiro atoms. The molecule has 132 valence electrons. The van der Waals surface area contributed by atoms with Crippen LogP contribution in [-0.4, -0.2) is 26.3 Å². The normalized spacial score (nSPS) is 11.4. The molecule has 0 bridgehead atoms. The van der Waals surface area contributed by atoms with Crippen molar-refractivity contribution in [3.8, 4) is 11.6 Å². The molecule has 25 heavy (non-hydrogen) atoms. The molecule has 1 amide bonds. The summed E-state index contributed by atoms with van der Waals surface area (Å²) >= 11 is 0. The lowest BCUT2D eigenvalue weighted by Gasteiger charge is -2.11. The van der Waals surface area contributed by atoms with E-state index in [1.54, 1.807) is 30.3 Å². The Morgan fingerprint density at radius 3 is 2.60 bits per heavy atom. The first-order valence-electron chi connectivity index (χ1n) is 7.93. The number of aromatic hydroxyl groups is 1. The Morgan fingerprint density at radius 2 is 1.96 bits per heavy atom. The second-order valence-electron chi connectivity index (χ2n) is 5.46. The van der Waals surface area contributed by atoms with E-state index < -0.39 is 17.1 Å². The second-order valence-corrected chi connectivity index (χ2v) is 5.46. The number of rotatable bonds is 6. The zero-order chi connectivity index (χ0) is 18.4. The highest BCUT2D eigenvalue weighted by Gasteiger charge is 2.18. The summed E-state index contributed by atoms with van der Waals surface area (Å²) in [6.45, 7) is 3.43. The summed E-state index contributed by atoms with van der Waals surface area (Å²) in [5, 5.41) is 14.3. The lowest BCUT2D eigenvalue weighted by atomic mass is 10.2. The number of unbranched alkanes of at least 4 members (excludes halogenated alkanes) is 1. The number of carbonyl (C=O) groups is 1. The number of para-hydroxylation sites is 1. The number of hydrogen-bond acceptors (Lipinski definition) is 5. The lowest BCUT2D eigenvalue weighted by molar-refractivity contribution is -0.121. The third kappa shape index (κ3) is 4.23. The summed E-state index contributed by atoms with van der Waals surface area (Å²) in [5.41, 5.74) is 1.10. The summed E-state index contributed by atoms with van der Waals surface area (Å²) in [6, 6.07) is 8.38. The van der Waals surface area contributed by atoms with E-state index in [4.69, 9.17) is 0 Å². The van der Waals surface area contributed by atoms with Gasteiger partial charge in [0.1, 0.15) is 5.56 Å². The minimum atomic E-state index is -0.779. The highest BCUT2D eigenvalue weighted by Crippen LogP contribution is 2.16. The number of hydrazone groups is 1. The molecule has 8 nitrogen and oxygen atoms in total. The number of nitrogens with zero attached hydrogens (tertiary/aromatic N) is 2. The predicted molar refractivity (Wildman–Crippen MR) is 94.2 cm³/mol. The van der Waals surface area contributed by atoms with Gasteiger partial charge in [-0.3, -0.25) is 14.6 Å². The van der Waals surface area contributed by atoms with Gasteiger partial charge in [-0.05, 0) is 25.5 Å². The van der Waals surface area contributed by atoms with E-state index in [0.717, 1.165) is 17.4 Å². The van der Waals surface area contributed by atoms with Gasteiger partial charge in [0, 0.05) is 6.42 Å². The number of carbonyl (C=O) groups excluding carboxylic acids is 1. The molecule has 3 N–H and O–H groups in total. The smallest absolute Gasteiger partial charge is 0.335 e. The molecule has 0 atom stereocenters. The van der Waals surface area contributed by atoms with Gasteiger partial charge in [-0.2, -0.15) is 5.10 Å². The fourth-order valence-corrected chi connectivity index (χ4v) is 2.26. The van der Waals surface area contributed by atoms with Crippen molar-refractivity contribution in [3.63, 3.8) is 0 Å². The molecule has 0 radical (unpaired) electrons. The van der Waals surface area contributed by atoms with E-state index in [2.05, 4.69) is 15.5 Å². The van der Waals surface area contributed by atoms with Crippen molar-refractivity contribution in [3.05, 3.63) is 56.7 Å². The average molecular weight is 344 g/mol. The number of nitrogens with one attached hydrogen (secondary N) is 2. The Labute approximate surface area is 143 Å². The van der Waals surface area contributed by atoms with Crippen LogP contribution < -0.4 is 16.7 Å². The van der Waals surface area contributed by atoms with Crippen molar-refractivity contribution in [2.24, 2.45) is 5.10 Å². The number of aromatic nitrogens is 2. The molecule has 0 saturated carbocycles. The molecule has 0 aliphatic heterocycles. The van der Waals surface area contributed by atoms with Gasteiger partial charge in [0.15, 0.2) is 0 Å². The SMILES string of the molecule is CCCCC(=O)N/N=C(\C)c1c(O)n(-c2ccccc2)c(=O)[nH]c1=O. The monoisotopic (exact) mass is 344 g/mol. The largest absolute Gasteiger partial charge is 0.493 e. The molecular weight excluding hydrogens is 324 g/mol. The number of aromatic amines is 1. The van der Waals surface area contributed by atoms with Crippen molar-refractivity contribution in [2.75, 3.05) is 0 Å². The Bertz CT molecular complexity index is 897. The van der Waals surface area contributed by atoms with Crippen LogP contribution in [0.4, 0.5) is 0 Å². The quantitative estimate of drug-likeness (QED) is 0.540. The Balaban J connectivity index is 2.43. The minimum absolute atomic E-state index is 0.0910. The number of benzene rings is 1. The molecule has 2 aromatic rings. The van der Waals surface area contributed by atoms with Crippen LogP contribution in [0, 0.1) is 0 Å². The van der Waals surface area contributed by atoms with Crippen LogP contribution >= 0.6 is 0 Å². The van der Waals surface area contributed by atoms with E-state index >= 15 is 0 Å². The van der Waals surface area contributed by atoms with E-state index in [1.165, 1.54) is 6.92 Å². The standard InChI is InChI=1S/C17H20N4O4/c1-3-4-10-13(22)20-19-11(2)14-15(23)18-17(25)21(16(14)24)12-8-6-5-7-9-12/h5-9,24H,3-4,10H2,1-2H3,(H,20,22)(H,18,23,25)/b19-11+. The van der Waals surface area contributed by atoms with Gasteiger partial charge in [-0.15, -0.1) is 0 Å².